The van der Waals surface area contributed by atoms with Crippen molar-refractivity contribution in [3.63, 3.8) is 0 Å². The maximum absolute atomic E-state index is 12.2. The summed E-state index contributed by atoms with van der Waals surface area (Å²) in [5.41, 5.74) is -0.446. The highest BCUT2D eigenvalue weighted by Crippen LogP contribution is 2.22. The summed E-state index contributed by atoms with van der Waals surface area (Å²) in [6.07, 6.45) is 1.91. The van der Waals surface area contributed by atoms with Crippen LogP contribution in [0, 0.1) is 0 Å². The SMILES string of the molecule is CC(C)(C)OC(=O)N1CCCC1CNCC1COC(C)(C)O1. The molecule has 1 N–H and O–H groups in total. The Kier molecular flexibility index (Phi) is 5.35. The fraction of sp³-hybridized carbons (Fsp3) is 0.938. The summed E-state index contributed by atoms with van der Waals surface area (Å²) in [5, 5.41) is 3.40. The van der Waals surface area contributed by atoms with Gasteiger partial charge in [-0.25, -0.2) is 4.79 Å². The molecule has 6 heteroatoms. The quantitative estimate of drug-likeness (QED) is 0.861. The van der Waals surface area contributed by atoms with E-state index in [1.807, 2.05) is 39.5 Å². The number of carbonyl (C=O) groups excluding carboxylic acids is 1. The molecular weight excluding hydrogens is 284 g/mol. The van der Waals surface area contributed by atoms with E-state index in [1.54, 1.807) is 0 Å². The average molecular weight is 314 g/mol. The number of ether oxygens (including phenoxy) is 3. The lowest BCUT2D eigenvalue weighted by Crippen LogP contribution is -2.45. The Morgan fingerprint density at radius 3 is 2.68 bits per heavy atom. The molecule has 2 heterocycles. The van der Waals surface area contributed by atoms with Gasteiger partial charge in [-0.1, -0.05) is 0 Å². The highest BCUT2D eigenvalue weighted by atomic mass is 16.7. The summed E-state index contributed by atoms with van der Waals surface area (Å²) in [7, 11) is 0. The van der Waals surface area contributed by atoms with Crippen LogP contribution in [0.15, 0.2) is 0 Å². The summed E-state index contributed by atoms with van der Waals surface area (Å²) in [4.78, 5) is 14.0. The Labute approximate surface area is 133 Å². The van der Waals surface area contributed by atoms with Crippen LogP contribution >= 0.6 is 0 Å². The van der Waals surface area contributed by atoms with Gasteiger partial charge in [0.1, 0.15) is 5.60 Å². The molecule has 0 aromatic heterocycles. The molecule has 2 atom stereocenters. The summed E-state index contributed by atoms with van der Waals surface area (Å²) < 4.78 is 16.8. The standard InChI is InChI=1S/C16H30N2O4/c1-15(2,3)22-14(19)18-8-6-7-12(18)9-17-10-13-11-20-16(4,5)21-13/h12-13,17H,6-11H2,1-5H3. The van der Waals surface area contributed by atoms with Gasteiger partial charge in [-0.05, 0) is 47.5 Å². The molecule has 0 radical (unpaired) electrons. The second-order valence-electron chi connectivity index (χ2n) is 7.58. The minimum absolute atomic E-state index is 0.0754. The van der Waals surface area contributed by atoms with Crippen LogP contribution < -0.4 is 5.32 Å². The van der Waals surface area contributed by atoms with E-state index in [0.29, 0.717) is 6.61 Å². The van der Waals surface area contributed by atoms with Crippen molar-refractivity contribution in [3.8, 4) is 0 Å². The van der Waals surface area contributed by atoms with Gasteiger partial charge in [0, 0.05) is 25.7 Å². The van der Waals surface area contributed by atoms with Gasteiger partial charge in [0.05, 0.1) is 12.7 Å². The van der Waals surface area contributed by atoms with Crippen molar-refractivity contribution >= 4 is 6.09 Å². The van der Waals surface area contributed by atoms with Gasteiger partial charge >= 0.3 is 6.09 Å². The molecule has 0 aromatic rings. The van der Waals surface area contributed by atoms with E-state index in [0.717, 1.165) is 32.5 Å². The predicted octanol–water partition coefficient (Wildman–Crippen LogP) is 2.13. The lowest BCUT2D eigenvalue weighted by Gasteiger charge is -2.29. The molecule has 0 spiro atoms. The van der Waals surface area contributed by atoms with Crippen LogP contribution in [-0.2, 0) is 14.2 Å². The van der Waals surface area contributed by atoms with Gasteiger partial charge in [0.15, 0.2) is 5.79 Å². The second kappa shape index (κ2) is 6.72. The van der Waals surface area contributed by atoms with Crippen LogP contribution in [0.3, 0.4) is 0 Å². The summed E-state index contributed by atoms with van der Waals surface area (Å²) in [6.45, 7) is 12.4. The molecule has 2 fully saturated rings. The number of hydrogen-bond acceptors (Lipinski definition) is 5. The van der Waals surface area contributed by atoms with Gasteiger partial charge in [-0.3, -0.25) is 0 Å². The van der Waals surface area contributed by atoms with E-state index in [9.17, 15) is 4.79 Å². The second-order valence-corrected chi connectivity index (χ2v) is 7.58. The third-order valence-electron chi connectivity index (χ3n) is 3.82. The summed E-state index contributed by atoms with van der Waals surface area (Å²) in [5.74, 6) is -0.484. The van der Waals surface area contributed by atoms with Crippen LogP contribution in [-0.4, -0.2) is 60.8 Å². The maximum atomic E-state index is 12.2. The van der Waals surface area contributed by atoms with Crippen molar-refractivity contribution in [3.05, 3.63) is 0 Å². The Bertz CT molecular complexity index is 392. The molecule has 0 aromatic carbocycles. The molecule has 6 nitrogen and oxygen atoms in total. The van der Waals surface area contributed by atoms with Crippen molar-refractivity contribution in [2.24, 2.45) is 0 Å². The van der Waals surface area contributed by atoms with Crippen molar-refractivity contribution in [1.29, 1.82) is 0 Å². The Hall–Kier alpha value is -0.850. The molecule has 0 bridgehead atoms. The predicted molar refractivity (Wildman–Crippen MR) is 83.7 cm³/mol. The molecule has 2 saturated heterocycles. The normalized spacial score (nSPS) is 28.1. The largest absolute Gasteiger partial charge is 0.444 e. The number of amides is 1. The maximum Gasteiger partial charge on any atom is 0.410 e. The van der Waals surface area contributed by atoms with E-state index in [-0.39, 0.29) is 18.2 Å². The third-order valence-corrected chi connectivity index (χ3v) is 3.82. The first kappa shape index (κ1) is 17.5. The molecule has 2 rings (SSSR count). The van der Waals surface area contributed by atoms with Crippen LogP contribution in [0.25, 0.3) is 0 Å². The number of likely N-dealkylation sites (tertiary alicyclic amines) is 1. The zero-order chi connectivity index (χ0) is 16.4. The van der Waals surface area contributed by atoms with Crippen molar-refractivity contribution in [1.82, 2.24) is 10.2 Å². The number of nitrogens with zero attached hydrogens (tertiary/aromatic N) is 1. The van der Waals surface area contributed by atoms with Crippen molar-refractivity contribution in [2.45, 2.75) is 71.0 Å². The Morgan fingerprint density at radius 1 is 1.36 bits per heavy atom. The van der Waals surface area contributed by atoms with E-state index in [4.69, 9.17) is 14.2 Å². The number of rotatable bonds is 4. The van der Waals surface area contributed by atoms with E-state index < -0.39 is 11.4 Å². The van der Waals surface area contributed by atoms with Crippen LogP contribution in [0.5, 0.6) is 0 Å². The first-order valence-electron chi connectivity index (χ1n) is 8.18. The number of hydrogen-bond donors (Lipinski definition) is 1. The van der Waals surface area contributed by atoms with Crippen LogP contribution in [0.1, 0.15) is 47.5 Å². The molecule has 128 valence electrons. The van der Waals surface area contributed by atoms with Gasteiger partial charge in [-0.2, -0.15) is 0 Å². The monoisotopic (exact) mass is 314 g/mol. The van der Waals surface area contributed by atoms with Crippen LogP contribution in [0.4, 0.5) is 4.79 Å². The molecule has 0 saturated carbocycles. The van der Waals surface area contributed by atoms with Gasteiger partial charge in [0.25, 0.3) is 0 Å². The zero-order valence-electron chi connectivity index (χ0n) is 14.5. The molecule has 2 unspecified atom stereocenters. The molecular formula is C16H30N2O4. The summed E-state index contributed by atoms with van der Waals surface area (Å²) in [6, 6.07) is 0.199. The van der Waals surface area contributed by atoms with E-state index >= 15 is 0 Å². The minimum Gasteiger partial charge on any atom is -0.444 e. The minimum atomic E-state index is -0.484. The smallest absolute Gasteiger partial charge is 0.410 e. The average Bonchev–Trinajstić information content (AvgIpc) is 2.94. The Morgan fingerprint density at radius 2 is 2.09 bits per heavy atom. The highest BCUT2D eigenvalue weighted by Gasteiger charge is 2.34. The zero-order valence-corrected chi connectivity index (χ0v) is 14.5. The molecule has 1 amide bonds. The number of nitrogens with one attached hydrogen (secondary N) is 1. The van der Waals surface area contributed by atoms with Gasteiger partial charge in [-0.15, -0.1) is 0 Å². The molecule has 2 aliphatic rings. The fourth-order valence-electron chi connectivity index (χ4n) is 2.88. The Balaban J connectivity index is 1.74. The molecule has 2 aliphatic heterocycles. The van der Waals surface area contributed by atoms with E-state index in [2.05, 4.69) is 5.32 Å². The molecule has 22 heavy (non-hydrogen) atoms. The first-order chi connectivity index (χ1) is 10.2. The topological polar surface area (TPSA) is 60.0 Å². The van der Waals surface area contributed by atoms with Crippen molar-refractivity contribution in [2.75, 3.05) is 26.2 Å². The van der Waals surface area contributed by atoms with Crippen LogP contribution in [0.2, 0.25) is 0 Å². The van der Waals surface area contributed by atoms with E-state index in [1.165, 1.54) is 0 Å². The number of carbonyl (C=O) groups is 1. The highest BCUT2D eigenvalue weighted by molar-refractivity contribution is 5.69. The first-order valence-corrected chi connectivity index (χ1v) is 8.18. The van der Waals surface area contributed by atoms with Crippen molar-refractivity contribution < 1.29 is 19.0 Å². The van der Waals surface area contributed by atoms with Gasteiger partial charge < -0.3 is 24.4 Å². The third kappa shape index (κ3) is 5.11. The van der Waals surface area contributed by atoms with Gasteiger partial charge in [0.2, 0.25) is 0 Å². The molecule has 0 aliphatic carbocycles. The lowest BCUT2D eigenvalue weighted by molar-refractivity contribution is -0.137. The lowest BCUT2D eigenvalue weighted by atomic mass is 10.2. The summed E-state index contributed by atoms with van der Waals surface area (Å²) >= 11 is 0. The fourth-order valence-corrected chi connectivity index (χ4v) is 2.88.